The van der Waals surface area contributed by atoms with E-state index in [-0.39, 0.29) is 23.7 Å². The number of ether oxygens (including phenoxy) is 1. The van der Waals surface area contributed by atoms with Crippen LogP contribution >= 0.6 is 0 Å². The van der Waals surface area contributed by atoms with Crippen molar-refractivity contribution < 1.29 is 13.9 Å². The van der Waals surface area contributed by atoms with Crippen molar-refractivity contribution in [3.8, 4) is 0 Å². The Kier molecular flexibility index (Phi) is 3.67. The molecule has 2 heterocycles. The van der Waals surface area contributed by atoms with Crippen molar-refractivity contribution >= 4 is 5.91 Å². The van der Waals surface area contributed by atoms with E-state index in [0.29, 0.717) is 24.4 Å². The Morgan fingerprint density at radius 2 is 2.09 bits per heavy atom. The summed E-state index contributed by atoms with van der Waals surface area (Å²) in [4.78, 5) is 15.0. The van der Waals surface area contributed by atoms with Crippen LogP contribution in [0.2, 0.25) is 0 Å². The number of carbonyl (C=O) groups excluding carboxylic acids is 1. The Bertz CT molecular complexity index is 596. The molecule has 4 rings (SSSR count). The molecule has 124 valence electrons. The third kappa shape index (κ3) is 2.47. The predicted octanol–water partition coefficient (Wildman–Crippen LogP) is 3.35. The average molecular weight is 317 g/mol. The molecule has 2 saturated heterocycles. The number of fused-ring (bicyclic) bond motifs is 2. The SMILES string of the molecule is CC(CC(=O)N1CC2(CCC2)C2COCC21)c1ccc(F)cc1. The molecule has 2 aliphatic heterocycles. The van der Waals surface area contributed by atoms with Gasteiger partial charge in [0.1, 0.15) is 5.82 Å². The van der Waals surface area contributed by atoms with Crippen LogP contribution in [0.25, 0.3) is 0 Å². The number of hydrogen-bond donors (Lipinski definition) is 0. The van der Waals surface area contributed by atoms with Gasteiger partial charge in [-0.15, -0.1) is 0 Å². The van der Waals surface area contributed by atoms with E-state index in [0.717, 1.165) is 18.7 Å². The zero-order valence-corrected chi connectivity index (χ0v) is 13.6. The summed E-state index contributed by atoms with van der Waals surface area (Å²) in [5, 5.41) is 0. The average Bonchev–Trinajstić information content (AvgIpc) is 3.07. The molecule has 0 radical (unpaired) electrons. The fourth-order valence-electron chi connectivity index (χ4n) is 4.73. The van der Waals surface area contributed by atoms with E-state index in [1.165, 1.54) is 31.4 Å². The minimum absolute atomic E-state index is 0.113. The molecule has 3 unspecified atom stereocenters. The van der Waals surface area contributed by atoms with Gasteiger partial charge in [-0.05, 0) is 41.9 Å². The fourth-order valence-corrected chi connectivity index (χ4v) is 4.73. The highest BCUT2D eigenvalue weighted by Crippen LogP contribution is 2.55. The first kappa shape index (κ1) is 15.1. The largest absolute Gasteiger partial charge is 0.379 e. The molecule has 1 spiro atoms. The standard InChI is InChI=1S/C19H24FNO2/c1-13(14-3-5-15(20)6-4-14)9-18(22)21-12-19(7-2-8-19)16-10-23-11-17(16)21/h3-6,13,16-17H,2,7-12H2,1H3. The summed E-state index contributed by atoms with van der Waals surface area (Å²) < 4.78 is 18.7. The van der Waals surface area contributed by atoms with Crippen molar-refractivity contribution in [2.45, 2.75) is 44.6 Å². The smallest absolute Gasteiger partial charge is 0.223 e. The number of benzene rings is 1. The van der Waals surface area contributed by atoms with Crippen LogP contribution in [0.3, 0.4) is 0 Å². The van der Waals surface area contributed by atoms with Gasteiger partial charge >= 0.3 is 0 Å². The topological polar surface area (TPSA) is 29.5 Å². The lowest BCUT2D eigenvalue weighted by Crippen LogP contribution is -2.40. The van der Waals surface area contributed by atoms with Crippen LogP contribution in [-0.4, -0.2) is 36.6 Å². The zero-order chi connectivity index (χ0) is 16.0. The van der Waals surface area contributed by atoms with E-state index < -0.39 is 0 Å². The molecule has 3 atom stereocenters. The molecule has 0 bridgehead atoms. The van der Waals surface area contributed by atoms with Gasteiger partial charge in [-0.25, -0.2) is 4.39 Å². The summed E-state index contributed by atoms with van der Waals surface area (Å²) in [7, 11) is 0. The van der Waals surface area contributed by atoms with E-state index in [1.54, 1.807) is 12.1 Å². The van der Waals surface area contributed by atoms with Gasteiger partial charge in [0, 0.05) is 18.9 Å². The first-order valence-corrected chi connectivity index (χ1v) is 8.72. The molecule has 3 nitrogen and oxygen atoms in total. The van der Waals surface area contributed by atoms with Crippen LogP contribution in [0.4, 0.5) is 4.39 Å². The lowest BCUT2D eigenvalue weighted by Gasteiger charge is -2.42. The molecule has 1 amide bonds. The van der Waals surface area contributed by atoms with Crippen molar-refractivity contribution in [1.82, 2.24) is 4.90 Å². The van der Waals surface area contributed by atoms with Crippen LogP contribution in [0.1, 0.15) is 44.1 Å². The monoisotopic (exact) mass is 317 g/mol. The second-order valence-corrected chi connectivity index (χ2v) is 7.61. The van der Waals surface area contributed by atoms with Crippen molar-refractivity contribution in [3.05, 3.63) is 35.6 Å². The van der Waals surface area contributed by atoms with Crippen LogP contribution in [0, 0.1) is 17.2 Å². The van der Waals surface area contributed by atoms with E-state index in [9.17, 15) is 9.18 Å². The lowest BCUT2D eigenvalue weighted by molar-refractivity contribution is -0.133. The molecule has 3 fully saturated rings. The van der Waals surface area contributed by atoms with Gasteiger partial charge in [-0.2, -0.15) is 0 Å². The summed E-state index contributed by atoms with van der Waals surface area (Å²) in [5.41, 5.74) is 1.37. The van der Waals surface area contributed by atoms with Gasteiger partial charge in [0.2, 0.25) is 5.91 Å². The van der Waals surface area contributed by atoms with E-state index >= 15 is 0 Å². The van der Waals surface area contributed by atoms with Crippen molar-refractivity contribution in [2.75, 3.05) is 19.8 Å². The van der Waals surface area contributed by atoms with Gasteiger partial charge in [0.15, 0.2) is 0 Å². The molecule has 1 aromatic carbocycles. The normalized spacial score (nSPS) is 29.4. The number of amides is 1. The molecular formula is C19H24FNO2. The number of carbonyl (C=O) groups is 1. The van der Waals surface area contributed by atoms with Crippen molar-refractivity contribution in [1.29, 1.82) is 0 Å². The maximum Gasteiger partial charge on any atom is 0.223 e. The molecule has 1 aromatic rings. The minimum atomic E-state index is -0.232. The van der Waals surface area contributed by atoms with Crippen LogP contribution in [-0.2, 0) is 9.53 Å². The van der Waals surface area contributed by atoms with Crippen LogP contribution < -0.4 is 0 Å². The number of nitrogens with zero attached hydrogens (tertiary/aromatic N) is 1. The Morgan fingerprint density at radius 1 is 1.35 bits per heavy atom. The van der Waals surface area contributed by atoms with Crippen LogP contribution in [0.5, 0.6) is 0 Å². The zero-order valence-electron chi connectivity index (χ0n) is 13.6. The van der Waals surface area contributed by atoms with Gasteiger partial charge < -0.3 is 9.64 Å². The Hall–Kier alpha value is -1.42. The maximum absolute atomic E-state index is 13.0. The molecule has 1 saturated carbocycles. The summed E-state index contributed by atoms with van der Waals surface area (Å²) in [6.45, 7) is 4.48. The lowest BCUT2D eigenvalue weighted by atomic mass is 9.62. The van der Waals surface area contributed by atoms with Crippen molar-refractivity contribution in [3.63, 3.8) is 0 Å². The molecule has 1 aliphatic carbocycles. The Balaban J connectivity index is 1.45. The minimum Gasteiger partial charge on any atom is -0.379 e. The molecule has 4 heteroatoms. The predicted molar refractivity (Wildman–Crippen MR) is 85.5 cm³/mol. The second-order valence-electron chi connectivity index (χ2n) is 7.61. The van der Waals surface area contributed by atoms with Crippen molar-refractivity contribution in [2.24, 2.45) is 11.3 Å². The Morgan fingerprint density at radius 3 is 2.74 bits per heavy atom. The molecule has 23 heavy (non-hydrogen) atoms. The number of halogens is 1. The van der Waals surface area contributed by atoms with E-state index in [2.05, 4.69) is 4.90 Å². The highest BCUT2D eigenvalue weighted by atomic mass is 19.1. The molecule has 3 aliphatic rings. The van der Waals surface area contributed by atoms with E-state index in [4.69, 9.17) is 4.74 Å². The van der Waals surface area contributed by atoms with Gasteiger partial charge in [-0.3, -0.25) is 4.79 Å². The third-order valence-corrected chi connectivity index (χ3v) is 6.31. The first-order chi connectivity index (χ1) is 11.1. The van der Waals surface area contributed by atoms with E-state index in [1.807, 2.05) is 6.92 Å². The van der Waals surface area contributed by atoms with Gasteiger partial charge in [0.25, 0.3) is 0 Å². The highest BCUT2D eigenvalue weighted by Gasteiger charge is 2.58. The Labute approximate surface area is 136 Å². The number of rotatable bonds is 3. The van der Waals surface area contributed by atoms with Crippen LogP contribution in [0.15, 0.2) is 24.3 Å². The third-order valence-electron chi connectivity index (χ3n) is 6.31. The molecular weight excluding hydrogens is 293 g/mol. The van der Waals surface area contributed by atoms with Gasteiger partial charge in [0.05, 0.1) is 19.3 Å². The number of hydrogen-bond acceptors (Lipinski definition) is 2. The van der Waals surface area contributed by atoms with Gasteiger partial charge in [-0.1, -0.05) is 25.5 Å². The molecule has 0 aromatic heterocycles. The summed E-state index contributed by atoms with van der Waals surface area (Å²) >= 11 is 0. The fraction of sp³-hybridized carbons (Fsp3) is 0.632. The molecule has 0 N–H and O–H groups in total. The quantitative estimate of drug-likeness (QED) is 0.855. The highest BCUT2D eigenvalue weighted by molar-refractivity contribution is 5.78. The summed E-state index contributed by atoms with van der Waals surface area (Å²) in [6, 6.07) is 6.79. The summed E-state index contributed by atoms with van der Waals surface area (Å²) in [6.07, 6.45) is 4.27. The second kappa shape index (κ2) is 5.59. The maximum atomic E-state index is 13.0. The number of likely N-dealkylation sites (tertiary alicyclic amines) is 1. The summed E-state index contributed by atoms with van der Waals surface area (Å²) in [5.74, 6) is 0.652. The first-order valence-electron chi connectivity index (χ1n) is 8.72.